The van der Waals surface area contributed by atoms with Crippen molar-refractivity contribution >= 4 is 36.6 Å². The van der Waals surface area contributed by atoms with E-state index in [0.29, 0.717) is 17.0 Å². The predicted molar refractivity (Wildman–Crippen MR) is 98.0 cm³/mol. The molecule has 1 amide bonds. The third-order valence-corrected chi connectivity index (χ3v) is 8.77. The van der Waals surface area contributed by atoms with Gasteiger partial charge in [0.15, 0.2) is 5.82 Å². The van der Waals surface area contributed by atoms with Crippen molar-refractivity contribution in [3.8, 4) is 0 Å². The van der Waals surface area contributed by atoms with Crippen LogP contribution in [0.3, 0.4) is 0 Å². The van der Waals surface area contributed by atoms with Crippen LogP contribution >= 0.6 is 11.6 Å². The number of H-pyrrole nitrogens is 1. The van der Waals surface area contributed by atoms with Crippen molar-refractivity contribution in [2.45, 2.75) is 57.4 Å². The van der Waals surface area contributed by atoms with E-state index in [2.05, 4.69) is 28.4 Å². The van der Waals surface area contributed by atoms with Crippen LogP contribution in [0.15, 0.2) is 6.07 Å². The number of aryl methyl sites for hydroxylation is 1. The molecule has 1 aliphatic heterocycles. The fourth-order valence-corrected chi connectivity index (χ4v) is 6.07. The smallest absolute Gasteiger partial charge is 0.267 e. The van der Waals surface area contributed by atoms with Crippen LogP contribution in [-0.4, -0.2) is 30.0 Å². The van der Waals surface area contributed by atoms with E-state index >= 15 is 0 Å². The minimum atomic E-state index is -1.09. The Balaban J connectivity index is 1.78. The quantitative estimate of drug-likeness (QED) is 0.759. The molecule has 2 aromatic rings. The van der Waals surface area contributed by atoms with Gasteiger partial charge in [-0.25, -0.2) is 9.37 Å². The molecule has 2 aromatic heterocycles. The predicted octanol–water partition coefficient (Wildman–Crippen LogP) is 4.65. The zero-order chi connectivity index (χ0) is 17.5. The molecule has 0 radical (unpaired) electrons. The molecular weight excluding hydrogens is 345 g/mol. The first kappa shape index (κ1) is 17.4. The topological polar surface area (TPSA) is 57.8 Å². The maximum absolute atomic E-state index is 14.2. The van der Waals surface area contributed by atoms with Gasteiger partial charge in [0.25, 0.3) is 5.91 Å². The van der Waals surface area contributed by atoms with Crippen LogP contribution in [0.2, 0.25) is 30.2 Å². The summed E-state index contributed by atoms with van der Waals surface area (Å²) in [6.07, 6.45) is 3.21. The van der Waals surface area contributed by atoms with Gasteiger partial charge >= 0.3 is 0 Å². The average molecular weight is 368 g/mol. The first-order valence-corrected chi connectivity index (χ1v) is 12.2. The first-order chi connectivity index (χ1) is 11.3. The molecular formula is C17H23ClFN3OSi. The number of hydrogen-bond acceptors (Lipinski definition) is 2. The molecule has 1 unspecified atom stereocenters. The molecule has 4 nitrogen and oxygen atoms in total. The second-order valence-corrected chi connectivity index (χ2v) is 13.2. The van der Waals surface area contributed by atoms with E-state index in [-0.39, 0.29) is 22.4 Å². The van der Waals surface area contributed by atoms with Gasteiger partial charge in [0.05, 0.1) is 16.1 Å². The summed E-state index contributed by atoms with van der Waals surface area (Å²) in [5.74, 6) is -0.732. The lowest BCUT2D eigenvalue weighted by molar-refractivity contribution is 0.0930. The molecule has 0 aliphatic carbocycles. The van der Waals surface area contributed by atoms with Crippen LogP contribution in [0.1, 0.15) is 35.4 Å². The van der Waals surface area contributed by atoms with E-state index in [1.165, 1.54) is 24.6 Å². The Morgan fingerprint density at radius 2 is 2.17 bits per heavy atom. The van der Waals surface area contributed by atoms with Gasteiger partial charge in [-0.2, -0.15) is 0 Å². The maximum Gasteiger partial charge on any atom is 0.267 e. The molecule has 3 rings (SSSR count). The first-order valence-electron chi connectivity index (χ1n) is 8.42. The van der Waals surface area contributed by atoms with Gasteiger partial charge in [-0.05, 0) is 25.8 Å². The number of amides is 1. The van der Waals surface area contributed by atoms with Crippen LogP contribution in [0.5, 0.6) is 0 Å². The number of carbonyl (C=O) groups excluding carboxylic acids is 1. The number of fused-ring (bicyclic) bond motifs is 1. The highest BCUT2D eigenvalue weighted by Gasteiger charge is 2.27. The molecule has 130 valence electrons. The fourth-order valence-electron chi connectivity index (χ4n) is 3.38. The van der Waals surface area contributed by atoms with Gasteiger partial charge in [0.2, 0.25) is 0 Å². The van der Waals surface area contributed by atoms with Gasteiger partial charge < -0.3 is 10.3 Å². The SMILES string of the molecule is Cc1nc2[nH]c(C(=O)NC3CCC[Si](C)(C)CC3)cc2c(F)c1Cl. The van der Waals surface area contributed by atoms with Gasteiger partial charge in [0, 0.05) is 14.1 Å². The number of hydrogen-bond donors (Lipinski definition) is 2. The fraction of sp³-hybridized carbons (Fsp3) is 0.529. The molecule has 2 N–H and O–H groups in total. The van der Waals surface area contributed by atoms with E-state index in [1.807, 2.05) is 0 Å². The molecule has 1 saturated heterocycles. The number of aromatic amines is 1. The number of halogens is 2. The molecule has 1 aliphatic rings. The van der Waals surface area contributed by atoms with Crippen molar-refractivity contribution in [2.24, 2.45) is 0 Å². The van der Waals surface area contributed by atoms with Crippen LogP contribution in [0, 0.1) is 12.7 Å². The Labute approximate surface area is 147 Å². The van der Waals surface area contributed by atoms with E-state index in [0.717, 1.165) is 12.8 Å². The van der Waals surface area contributed by atoms with Crippen molar-refractivity contribution in [3.63, 3.8) is 0 Å². The number of carbonyl (C=O) groups is 1. The minimum Gasteiger partial charge on any atom is -0.348 e. The molecule has 1 atom stereocenters. The van der Waals surface area contributed by atoms with Crippen molar-refractivity contribution < 1.29 is 9.18 Å². The Morgan fingerprint density at radius 1 is 1.42 bits per heavy atom. The minimum absolute atomic E-state index is 0.00409. The number of nitrogens with zero attached hydrogens (tertiary/aromatic N) is 1. The molecule has 24 heavy (non-hydrogen) atoms. The average Bonchev–Trinajstić information content (AvgIpc) is 2.86. The standard InChI is InChI=1S/C17H23ClFN3OSi/c1-10-14(18)15(19)12-9-13(22-16(12)20-10)17(23)21-11-5-4-7-24(2,3)8-6-11/h9,11H,4-8H2,1-3H3,(H,20,22)(H,21,23). The summed E-state index contributed by atoms with van der Waals surface area (Å²) < 4.78 is 14.2. The second kappa shape index (κ2) is 6.48. The number of aromatic nitrogens is 2. The van der Waals surface area contributed by atoms with Crippen molar-refractivity contribution in [1.29, 1.82) is 0 Å². The molecule has 0 spiro atoms. The van der Waals surface area contributed by atoms with E-state index < -0.39 is 13.9 Å². The molecule has 1 fully saturated rings. The summed E-state index contributed by atoms with van der Waals surface area (Å²) in [5.41, 5.74) is 1.10. The molecule has 0 bridgehead atoms. The van der Waals surface area contributed by atoms with Gasteiger partial charge in [-0.1, -0.05) is 43.2 Å². The molecule has 7 heteroatoms. The maximum atomic E-state index is 14.2. The number of nitrogens with one attached hydrogen (secondary N) is 2. The normalized spacial score (nSPS) is 20.8. The van der Waals surface area contributed by atoms with Crippen LogP contribution < -0.4 is 5.32 Å². The van der Waals surface area contributed by atoms with Gasteiger partial charge in [-0.3, -0.25) is 4.79 Å². The lowest BCUT2D eigenvalue weighted by atomic mass is 10.1. The molecule has 0 saturated carbocycles. The Bertz CT molecular complexity index is 790. The Hall–Kier alpha value is -1.40. The molecule has 3 heterocycles. The van der Waals surface area contributed by atoms with Crippen LogP contribution in [-0.2, 0) is 0 Å². The summed E-state index contributed by atoms with van der Waals surface area (Å²) >= 11 is 5.90. The van der Waals surface area contributed by atoms with Crippen LogP contribution in [0.4, 0.5) is 4.39 Å². The summed E-state index contributed by atoms with van der Waals surface area (Å²) in [6.45, 7) is 6.47. The number of pyridine rings is 1. The summed E-state index contributed by atoms with van der Waals surface area (Å²) in [6, 6.07) is 4.24. The third-order valence-electron chi connectivity index (χ3n) is 4.98. The summed E-state index contributed by atoms with van der Waals surface area (Å²) in [4.78, 5) is 19.7. The van der Waals surface area contributed by atoms with Crippen molar-refractivity contribution in [3.05, 3.63) is 28.3 Å². The monoisotopic (exact) mass is 367 g/mol. The van der Waals surface area contributed by atoms with Crippen LogP contribution in [0.25, 0.3) is 11.0 Å². The van der Waals surface area contributed by atoms with Crippen molar-refractivity contribution in [1.82, 2.24) is 15.3 Å². The Kier molecular flexibility index (Phi) is 4.70. The molecule has 0 aromatic carbocycles. The largest absolute Gasteiger partial charge is 0.348 e. The highest BCUT2D eigenvalue weighted by molar-refractivity contribution is 6.77. The van der Waals surface area contributed by atoms with Crippen molar-refractivity contribution in [2.75, 3.05) is 0 Å². The zero-order valence-electron chi connectivity index (χ0n) is 14.3. The van der Waals surface area contributed by atoms with E-state index in [4.69, 9.17) is 11.6 Å². The number of rotatable bonds is 2. The van der Waals surface area contributed by atoms with Gasteiger partial charge in [0.1, 0.15) is 11.3 Å². The second-order valence-electron chi connectivity index (χ2n) is 7.54. The highest BCUT2D eigenvalue weighted by Crippen LogP contribution is 2.28. The Morgan fingerprint density at radius 3 is 2.92 bits per heavy atom. The van der Waals surface area contributed by atoms with E-state index in [9.17, 15) is 9.18 Å². The third kappa shape index (κ3) is 3.49. The summed E-state index contributed by atoms with van der Waals surface area (Å²) in [5, 5.41) is 3.35. The lowest BCUT2D eigenvalue weighted by Gasteiger charge is -2.19. The van der Waals surface area contributed by atoms with E-state index in [1.54, 1.807) is 6.92 Å². The van der Waals surface area contributed by atoms with Gasteiger partial charge in [-0.15, -0.1) is 0 Å². The lowest BCUT2D eigenvalue weighted by Crippen LogP contribution is -2.35. The zero-order valence-corrected chi connectivity index (χ0v) is 16.1. The summed E-state index contributed by atoms with van der Waals surface area (Å²) in [7, 11) is -1.09. The highest BCUT2D eigenvalue weighted by atomic mass is 35.5.